The molecule has 0 saturated heterocycles. The van der Waals surface area contributed by atoms with Gasteiger partial charge in [0, 0.05) is 55.4 Å². The van der Waals surface area contributed by atoms with Crippen LogP contribution in [0.5, 0.6) is 17.2 Å². The van der Waals surface area contributed by atoms with E-state index in [1.54, 1.807) is 37.2 Å². The van der Waals surface area contributed by atoms with Gasteiger partial charge < -0.3 is 14.2 Å². The van der Waals surface area contributed by atoms with Crippen molar-refractivity contribution < 1.29 is 14.2 Å². The van der Waals surface area contributed by atoms with Crippen LogP contribution in [-0.4, -0.2) is 29.9 Å². The summed E-state index contributed by atoms with van der Waals surface area (Å²) in [7, 11) is 0. The van der Waals surface area contributed by atoms with Crippen LogP contribution in [0.3, 0.4) is 0 Å². The Labute approximate surface area is 297 Å². The third-order valence-corrected chi connectivity index (χ3v) is 8.08. The fraction of sp³-hybridized carbons (Fsp3) is 0.143. The Balaban J connectivity index is 1.11. The highest BCUT2D eigenvalue weighted by molar-refractivity contribution is 5.57. The molecule has 0 atom stereocenters. The summed E-state index contributed by atoms with van der Waals surface area (Å²) in [5, 5.41) is 0. The second-order valence-electron chi connectivity index (χ2n) is 12.3. The Bertz CT molecular complexity index is 2030. The Morgan fingerprint density at radius 1 is 0.333 bits per heavy atom. The quantitative estimate of drug-likeness (QED) is 0.126. The third-order valence-electron chi connectivity index (χ3n) is 8.08. The molecule has 1 aromatic carbocycles. The van der Waals surface area contributed by atoms with Crippen LogP contribution in [-0.2, 0) is 19.8 Å². The monoisotopic (exact) mass is 672 g/mol. The summed E-state index contributed by atoms with van der Waals surface area (Å²) in [6, 6.07) is 29.4. The molecule has 0 unspecified atom stereocenters. The number of benzene rings is 1. The highest BCUT2D eigenvalue weighted by Gasteiger charge is 2.10. The van der Waals surface area contributed by atoms with Gasteiger partial charge in [-0.05, 0) is 127 Å². The fourth-order valence-corrected chi connectivity index (χ4v) is 5.44. The van der Waals surface area contributed by atoms with Gasteiger partial charge in [-0.25, -0.2) is 0 Å². The van der Waals surface area contributed by atoms with Gasteiger partial charge in [0.15, 0.2) is 0 Å². The van der Waals surface area contributed by atoms with Crippen molar-refractivity contribution >= 4 is 0 Å². The zero-order valence-corrected chi connectivity index (χ0v) is 28.7. The van der Waals surface area contributed by atoms with Gasteiger partial charge in [0.2, 0.25) is 0 Å². The van der Waals surface area contributed by atoms with E-state index in [-0.39, 0.29) is 0 Å². The first kappa shape index (κ1) is 33.0. The van der Waals surface area contributed by atoms with Crippen LogP contribution in [0.4, 0.5) is 0 Å². The fourth-order valence-electron chi connectivity index (χ4n) is 5.44. The number of pyridine rings is 6. The summed E-state index contributed by atoms with van der Waals surface area (Å²) in [5.74, 6) is 1.81. The van der Waals surface area contributed by atoms with E-state index in [0.29, 0.717) is 37.1 Å². The van der Waals surface area contributed by atoms with E-state index in [2.05, 4.69) is 29.9 Å². The standard InChI is InChI=1S/C42H36N6O3/c1-28-4-10-43-37(16-28)40-19-31(7-13-46-40)25-49-34-22-35(50-26-32-8-14-47-41(20-32)38-17-29(2)5-11-44-38)24-36(23-34)51-27-33-9-15-48-42(21-33)39-18-30(3)6-12-45-39/h4-24H,25-27H2,1-3H3. The van der Waals surface area contributed by atoms with Crippen molar-refractivity contribution in [1.82, 2.24) is 29.9 Å². The summed E-state index contributed by atoms with van der Waals surface area (Å²) in [6.07, 6.45) is 10.7. The Morgan fingerprint density at radius 3 is 0.863 bits per heavy atom. The predicted octanol–water partition coefficient (Wildman–Crippen LogP) is 8.72. The van der Waals surface area contributed by atoms with Crippen LogP contribution < -0.4 is 14.2 Å². The van der Waals surface area contributed by atoms with Crippen molar-refractivity contribution in [3.63, 3.8) is 0 Å². The maximum absolute atomic E-state index is 6.32. The number of ether oxygens (including phenoxy) is 3. The van der Waals surface area contributed by atoms with E-state index in [1.807, 2.05) is 112 Å². The largest absolute Gasteiger partial charge is 0.489 e. The van der Waals surface area contributed by atoms with Crippen LogP contribution in [0, 0.1) is 20.8 Å². The minimum Gasteiger partial charge on any atom is -0.489 e. The minimum atomic E-state index is 0.318. The molecule has 9 heteroatoms. The number of aryl methyl sites for hydroxylation is 3. The molecule has 0 saturated carbocycles. The van der Waals surface area contributed by atoms with Gasteiger partial charge in [-0.2, -0.15) is 0 Å². The second kappa shape index (κ2) is 15.4. The average molecular weight is 673 g/mol. The van der Waals surface area contributed by atoms with Crippen LogP contribution >= 0.6 is 0 Å². The summed E-state index contributed by atoms with van der Waals surface area (Å²) in [4.78, 5) is 27.0. The molecule has 0 bridgehead atoms. The lowest BCUT2D eigenvalue weighted by atomic mass is 10.1. The molecule has 0 aliphatic heterocycles. The molecule has 51 heavy (non-hydrogen) atoms. The SMILES string of the molecule is Cc1ccnc(-c2cc(COc3cc(OCc4ccnc(-c5cc(C)ccn5)c4)cc(OCc4ccnc(-c5cc(C)ccn5)c4)c3)ccn2)c1. The maximum Gasteiger partial charge on any atom is 0.127 e. The first-order valence-corrected chi connectivity index (χ1v) is 16.6. The Morgan fingerprint density at radius 2 is 0.588 bits per heavy atom. The van der Waals surface area contributed by atoms with Crippen molar-refractivity contribution in [2.24, 2.45) is 0 Å². The summed E-state index contributed by atoms with van der Waals surface area (Å²) < 4.78 is 19.0. The summed E-state index contributed by atoms with van der Waals surface area (Å²) >= 11 is 0. The zero-order chi connectivity index (χ0) is 35.0. The molecule has 252 valence electrons. The topological polar surface area (TPSA) is 105 Å². The molecule has 0 spiro atoms. The number of aromatic nitrogens is 6. The first-order valence-electron chi connectivity index (χ1n) is 16.6. The lowest BCUT2D eigenvalue weighted by Gasteiger charge is -2.14. The van der Waals surface area contributed by atoms with Crippen molar-refractivity contribution in [1.29, 1.82) is 0 Å². The van der Waals surface area contributed by atoms with Crippen molar-refractivity contribution in [3.05, 3.63) is 162 Å². The molecule has 0 aliphatic carbocycles. The van der Waals surface area contributed by atoms with Gasteiger partial charge in [-0.3, -0.25) is 29.9 Å². The molecule has 7 rings (SSSR count). The number of hydrogen-bond donors (Lipinski definition) is 0. The molecule has 0 aliphatic rings. The van der Waals surface area contributed by atoms with Crippen LogP contribution in [0.15, 0.2) is 128 Å². The smallest absolute Gasteiger partial charge is 0.127 e. The van der Waals surface area contributed by atoms with Crippen molar-refractivity contribution in [2.75, 3.05) is 0 Å². The van der Waals surface area contributed by atoms with E-state index >= 15 is 0 Å². The lowest BCUT2D eigenvalue weighted by molar-refractivity contribution is 0.274. The van der Waals surface area contributed by atoms with Gasteiger partial charge in [0.25, 0.3) is 0 Å². The maximum atomic E-state index is 6.32. The number of hydrogen-bond acceptors (Lipinski definition) is 9. The van der Waals surface area contributed by atoms with E-state index in [4.69, 9.17) is 14.2 Å². The molecule has 6 heterocycles. The molecule has 0 fully saturated rings. The first-order chi connectivity index (χ1) is 24.9. The normalized spacial score (nSPS) is 10.9. The Hall–Kier alpha value is -6.48. The van der Waals surface area contributed by atoms with Gasteiger partial charge in [0.1, 0.15) is 37.1 Å². The molecule has 7 aromatic rings. The van der Waals surface area contributed by atoms with E-state index in [0.717, 1.165) is 67.5 Å². The summed E-state index contributed by atoms with van der Waals surface area (Å²) in [5.41, 5.74) is 11.1. The van der Waals surface area contributed by atoms with Crippen LogP contribution in [0.1, 0.15) is 33.4 Å². The van der Waals surface area contributed by atoms with E-state index in [9.17, 15) is 0 Å². The predicted molar refractivity (Wildman–Crippen MR) is 196 cm³/mol. The molecule has 0 radical (unpaired) electrons. The zero-order valence-electron chi connectivity index (χ0n) is 28.7. The van der Waals surface area contributed by atoms with Gasteiger partial charge in [-0.15, -0.1) is 0 Å². The number of nitrogens with zero attached hydrogens (tertiary/aromatic N) is 6. The summed E-state index contributed by atoms with van der Waals surface area (Å²) in [6.45, 7) is 7.07. The van der Waals surface area contributed by atoms with Gasteiger partial charge >= 0.3 is 0 Å². The minimum absolute atomic E-state index is 0.318. The molecule has 0 N–H and O–H groups in total. The van der Waals surface area contributed by atoms with E-state index < -0.39 is 0 Å². The van der Waals surface area contributed by atoms with Gasteiger partial charge in [0.05, 0.1) is 34.2 Å². The molecular formula is C42H36N6O3. The molecular weight excluding hydrogens is 637 g/mol. The molecule has 0 amide bonds. The van der Waals surface area contributed by atoms with Crippen LogP contribution in [0.2, 0.25) is 0 Å². The third kappa shape index (κ3) is 8.76. The van der Waals surface area contributed by atoms with E-state index in [1.165, 1.54) is 0 Å². The van der Waals surface area contributed by atoms with Crippen molar-refractivity contribution in [2.45, 2.75) is 40.6 Å². The number of rotatable bonds is 12. The van der Waals surface area contributed by atoms with Gasteiger partial charge in [-0.1, -0.05) is 0 Å². The average Bonchev–Trinajstić information content (AvgIpc) is 3.16. The lowest BCUT2D eigenvalue weighted by Crippen LogP contribution is -2.02. The molecule has 6 aromatic heterocycles. The Kier molecular flexibility index (Phi) is 9.96. The van der Waals surface area contributed by atoms with Crippen LogP contribution in [0.25, 0.3) is 34.2 Å². The van der Waals surface area contributed by atoms with Crippen molar-refractivity contribution in [3.8, 4) is 51.4 Å². The highest BCUT2D eigenvalue weighted by Crippen LogP contribution is 2.31. The highest BCUT2D eigenvalue weighted by atomic mass is 16.5. The molecule has 9 nitrogen and oxygen atoms in total. The second-order valence-corrected chi connectivity index (χ2v) is 12.3.